The molecule has 1 heterocycles. The van der Waals surface area contributed by atoms with Gasteiger partial charge in [-0.1, -0.05) is 18.6 Å². The Morgan fingerprint density at radius 3 is 1.88 bits per heavy atom. The minimum absolute atomic E-state index is 0. The molecule has 3 heteroatoms. The van der Waals surface area contributed by atoms with Gasteiger partial charge in [0.1, 0.15) is 0 Å². The van der Waals surface area contributed by atoms with Crippen LogP contribution in [-0.4, -0.2) is 23.1 Å². The summed E-state index contributed by atoms with van der Waals surface area (Å²) in [7, 11) is 0. The SMILES string of the molecule is Cc1cc2c(C)c(C)c(C)c(C)c2[n-]1.[Br-].[Mg+2]. The normalized spacial score (nSPS) is 9.81. The van der Waals surface area contributed by atoms with E-state index in [-0.39, 0.29) is 40.0 Å². The molecule has 0 atom stereocenters. The Bertz CT molecular complexity index is 469. The van der Waals surface area contributed by atoms with E-state index in [1.165, 1.54) is 33.2 Å². The molecule has 0 bridgehead atoms. The molecule has 0 saturated heterocycles. The van der Waals surface area contributed by atoms with E-state index < -0.39 is 0 Å². The van der Waals surface area contributed by atoms with Crippen LogP contribution in [0.1, 0.15) is 27.9 Å². The molecule has 1 nitrogen and oxygen atoms in total. The first-order valence-corrected chi connectivity index (χ1v) is 5.02. The molecule has 2 aromatic rings. The van der Waals surface area contributed by atoms with E-state index in [2.05, 4.69) is 45.7 Å². The van der Waals surface area contributed by atoms with Crippen molar-refractivity contribution in [2.75, 3.05) is 0 Å². The average molecular weight is 290 g/mol. The Labute approximate surface area is 124 Å². The molecule has 2 rings (SSSR count). The van der Waals surface area contributed by atoms with Crippen molar-refractivity contribution in [2.45, 2.75) is 34.6 Å². The van der Waals surface area contributed by atoms with E-state index in [9.17, 15) is 0 Å². The van der Waals surface area contributed by atoms with Crippen LogP contribution in [0.3, 0.4) is 0 Å². The fourth-order valence-corrected chi connectivity index (χ4v) is 2.06. The third kappa shape index (κ3) is 2.31. The van der Waals surface area contributed by atoms with Crippen molar-refractivity contribution in [3.05, 3.63) is 34.0 Å². The molecule has 0 N–H and O–H groups in total. The van der Waals surface area contributed by atoms with Gasteiger partial charge in [-0.05, 0) is 49.8 Å². The zero-order valence-corrected chi connectivity index (χ0v) is 13.6. The maximum absolute atomic E-state index is 4.58. The molecular weight excluding hydrogens is 274 g/mol. The molecule has 0 aliphatic rings. The van der Waals surface area contributed by atoms with Gasteiger partial charge in [-0.3, -0.25) is 0 Å². The van der Waals surface area contributed by atoms with E-state index in [0.717, 1.165) is 5.69 Å². The predicted molar refractivity (Wildman–Crippen MR) is 66.7 cm³/mol. The molecule has 16 heavy (non-hydrogen) atoms. The second kappa shape index (κ2) is 5.56. The Balaban J connectivity index is 0.00000112. The van der Waals surface area contributed by atoms with Crippen molar-refractivity contribution >= 4 is 34.0 Å². The fraction of sp³-hybridized carbons (Fsp3) is 0.385. The van der Waals surface area contributed by atoms with Gasteiger partial charge in [0.05, 0.1) is 0 Å². The third-order valence-corrected chi connectivity index (χ3v) is 3.34. The second-order valence-corrected chi connectivity index (χ2v) is 4.16. The molecule has 1 aromatic heterocycles. The maximum atomic E-state index is 4.58. The minimum atomic E-state index is 0. The molecule has 0 aliphatic carbocycles. The van der Waals surface area contributed by atoms with Crippen molar-refractivity contribution in [2.24, 2.45) is 0 Å². The molecule has 0 amide bonds. The van der Waals surface area contributed by atoms with Gasteiger partial charge in [-0.25, -0.2) is 0 Å². The van der Waals surface area contributed by atoms with Crippen molar-refractivity contribution < 1.29 is 17.0 Å². The van der Waals surface area contributed by atoms with E-state index in [1.54, 1.807) is 0 Å². The standard InChI is InChI=1S/C13H16N.BrH.Mg/c1-7-6-12-10(4)8(2)9(3)11(5)13(12)14-7;;/h6H,1-5H3;1H;/q-1;;+2/p-1. The van der Waals surface area contributed by atoms with Gasteiger partial charge in [0, 0.05) is 0 Å². The molecule has 0 unspecified atom stereocenters. The average Bonchev–Trinajstić information content (AvgIpc) is 2.54. The van der Waals surface area contributed by atoms with Gasteiger partial charge in [0.15, 0.2) is 0 Å². The van der Waals surface area contributed by atoms with E-state index in [1.807, 2.05) is 0 Å². The van der Waals surface area contributed by atoms with Crippen molar-refractivity contribution in [3.8, 4) is 0 Å². The summed E-state index contributed by atoms with van der Waals surface area (Å²) in [6.07, 6.45) is 0. The number of rotatable bonds is 0. The summed E-state index contributed by atoms with van der Waals surface area (Å²) in [5.41, 5.74) is 7.80. The van der Waals surface area contributed by atoms with Crippen LogP contribution < -0.4 is 22.0 Å². The number of fused-ring (bicyclic) bond motifs is 1. The van der Waals surface area contributed by atoms with E-state index in [0.29, 0.717) is 0 Å². The maximum Gasteiger partial charge on any atom is 2.00 e. The Kier molecular flexibility index (Phi) is 5.56. The molecule has 1 aromatic carbocycles. The van der Waals surface area contributed by atoms with Crippen LogP contribution in [0.2, 0.25) is 0 Å². The van der Waals surface area contributed by atoms with E-state index in [4.69, 9.17) is 0 Å². The largest absolute Gasteiger partial charge is 2.00 e. The number of nitrogens with zero attached hydrogens (tertiary/aromatic N) is 1. The van der Waals surface area contributed by atoms with E-state index >= 15 is 0 Å². The van der Waals surface area contributed by atoms with Gasteiger partial charge < -0.3 is 22.0 Å². The summed E-state index contributed by atoms with van der Waals surface area (Å²) >= 11 is 0. The van der Waals surface area contributed by atoms with Crippen LogP contribution >= 0.6 is 0 Å². The monoisotopic (exact) mass is 289 g/mol. The first-order valence-electron chi connectivity index (χ1n) is 5.02. The Morgan fingerprint density at radius 2 is 1.31 bits per heavy atom. The molecule has 0 saturated carbocycles. The predicted octanol–water partition coefficient (Wildman–Crippen LogP) is -0.0377. The fourth-order valence-electron chi connectivity index (χ4n) is 2.06. The zero-order chi connectivity index (χ0) is 10.5. The van der Waals surface area contributed by atoms with Crippen molar-refractivity contribution in [3.63, 3.8) is 0 Å². The number of halogens is 1. The summed E-state index contributed by atoms with van der Waals surface area (Å²) in [6.45, 7) is 10.8. The molecule has 0 aliphatic heterocycles. The second-order valence-electron chi connectivity index (χ2n) is 4.16. The quantitative estimate of drug-likeness (QED) is 0.621. The molecule has 0 spiro atoms. The van der Waals surface area contributed by atoms with Gasteiger partial charge >= 0.3 is 23.1 Å². The summed E-state index contributed by atoms with van der Waals surface area (Å²) in [4.78, 5) is 4.58. The van der Waals surface area contributed by atoms with Gasteiger partial charge in [0.25, 0.3) is 0 Å². The van der Waals surface area contributed by atoms with Crippen molar-refractivity contribution in [1.29, 1.82) is 0 Å². The topological polar surface area (TPSA) is 14.1 Å². The first kappa shape index (κ1) is 16.0. The number of aromatic nitrogens is 1. The smallest absolute Gasteiger partial charge is 1.00 e. The van der Waals surface area contributed by atoms with Crippen LogP contribution in [0.4, 0.5) is 0 Å². The molecule has 82 valence electrons. The molecule has 0 fully saturated rings. The third-order valence-electron chi connectivity index (χ3n) is 3.34. The number of benzene rings is 1. The number of aryl methyl sites for hydroxylation is 3. The van der Waals surface area contributed by atoms with Gasteiger partial charge in [-0.2, -0.15) is 5.69 Å². The van der Waals surface area contributed by atoms with Crippen molar-refractivity contribution in [1.82, 2.24) is 4.98 Å². The Hall–Kier alpha value is 0.00623. The number of hydrogen-bond donors (Lipinski definition) is 0. The van der Waals surface area contributed by atoms with Crippen LogP contribution in [0.15, 0.2) is 6.07 Å². The Morgan fingerprint density at radius 1 is 0.812 bits per heavy atom. The van der Waals surface area contributed by atoms with Crippen LogP contribution in [0.5, 0.6) is 0 Å². The molecule has 0 radical (unpaired) electrons. The summed E-state index contributed by atoms with van der Waals surface area (Å²) in [5.74, 6) is 0. The van der Waals surface area contributed by atoms with Gasteiger partial charge in [0.2, 0.25) is 0 Å². The van der Waals surface area contributed by atoms with Crippen LogP contribution in [0.25, 0.3) is 10.9 Å². The zero-order valence-electron chi connectivity index (χ0n) is 10.6. The summed E-state index contributed by atoms with van der Waals surface area (Å²) < 4.78 is 0. The summed E-state index contributed by atoms with van der Waals surface area (Å²) in [5, 5.41) is 1.32. The van der Waals surface area contributed by atoms with Crippen LogP contribution in [0, 0.1) is 34.6 Å². The van der Waals surface area contributed by atoms with Crippen LogP contribution in [-0.2, 0) is 0 Å². The van der Waals surface area contributed by atoms with Gasteiger partial charge in [-0.15, -0.1) is 5.52 Å². The number of hydrogen-bond acceptors (Lipinski definition) is 0. The molecular formula is C13H16BrMgN. The summed E-state index contributed by atoms with van der Waals surface area (Å²) in [6, 6.07) is 2.18. The minimum Gasteiger partial charge on any atom is -1.00 e. The first-order chi connectivity index (χ1) is 6.52.